The van der Waals surface area contributed by atoms with E-state index in [2.05, 4.69) is 0 Å². The van der Waals surface area contributed by atoms with Gasteiger partial charge in [-0.2, -0.15) is 30.7 Å². The molecule has 0 amide bonds. The number of rotatable bonds is 2. The van der Waals surface area contributed by atoms with Gasteiger partial charge >= 0.3 is 18.0 Å². The topological polar surface area (TPSA) is 0 Å². The quantitative estimate of drug-likeness (QED) is 0.539. The van der Waals surface area contributed by atoms with Crippen molar-refractivity contribution in [2.45, 2.75) is 24.4 Å². The standard InChI is InChI=1S/C16H9F7/c17-14(18,15(19,20)16(21,22)23)13-7-3-6-11-10-5-2-1-4-9(10)8-12(11)13/h1-7H,8H2. The van der Waals surface area contributed by atoms with Crippen LogP contribution in [0.25, 0.3) is 11.1 Å². The predicted octanol–water partition coefficient (Wildman–Crippen LogP) is 5.55. The molecule has 23 heavy (non-hydrogen) atoms. The molecule has 0 atom stereocenters. The van der Waals surface area contributed by atoms with Crippen LogP contribution in [-0.4, -0.2) is 12.1 Å². The number of halogens is 7. The molecule has 0 saturated carbocycles. The molecule has 3 rings (SSSR count). The zero-order valence-electron chi connectivity index (χ0n) is 11.4. The Kier molecular flexibility index (Phi) is 3.25. The Hall–Kier alpha value is -2.05. The molecule has 0 bridgehead atoms. The number of hydrogen-bond donors (Lipinski definition) is 0. The smallest absolute Gasteiger partial charge is 0.194 e. The maximum atomic E-state index is 14.0. The van der Waals surface area contributed by atoms with Crippen LogP contribution >= 0.6 is 0 Å². The summed E-state index contributed by atoms with van der Waals surface area (Å²) in [4.78, 5) is 0. The van der Waals surface area contributed by atoms with Crippen molar-refractivity contribution in [3.8, 4) is 11.1 Å². The lowest BCUT2D eigenvalue weighted by molar-refractivity contribution is -0.359. The molecule has 2 aromatic carbocycles. The average molecular weight is 334 g/mol. The first-order valence-corrected chi connectivity index (χ1v) is 6.60. The first-order valence-electron chi connectivity index (χ1n) is 6.60. The van der Waals surface area contributed by atoms with E-state index in [9.17, 15) is 30.7 Å². The van der Waals surface area contributed by atoms with Gasteiger partial charge in [-0.1, -0.05) is 42.5 Å². The van der Waals surface area contributed by atoms with Gasteiger partial charge in [0.05, 0.1) is 0 Å². The largest absolute Gasteiger partial charge is 0.460 e. The molecular formula is C16H9F7. The molecule has 0 saturated heterocycles. The molecule has 0 N–H and O–H groups in total. The van der Waals surface area contributed by atoms with Gasteiger partial charge in [-0.15, -0.1) is 0 Å². The van der Waals surface area contributed by atoms with E-state index in [0.29, 0.717) is 17.2 Å². The Morgan fingerprint density at radius 1 is 0.696 bits per heavy atom. The summed E-state index contributed by atoms with van der Waals surface area (Å²) in [5.74, 6) is -11.5. The molecular weight excluding hydrogens is 325 g/mol. The fraction of sp³-hybridized carbons (Fsp3) is 0.250. The lowest BCUT2D eigenvalue weighted by atomic mass is 9.93. The van der Waals surface area contributed by atoms with Crippen LogP contribution < -0.4 is 0 Å². The van der Waals surface area contributed by atoms with Gasteiger partial charge in [0, 0.05) is 5.56 Å². The minimum absolute atomic E-state index is 0.106. The van der Waals surface area contributed by atoms with E-state index >= 15 is 0 Å². The van der Waals surface area contributed by atoms with Crippen LogP contribution in [-0.2, 0) is 12.3 Å². The minimum atomic E-state index is -6.34. The lowest BCUT2D eigenvalue weighted by Gasteiger charge is -2.29. The van der Waals surface area contributed by atoms with Crippen molar-refractivity contribution < 1.29 is 30.7 Å². The van der Waals surface area contributed by atoms with E-state index in [0.717, 1.165) is 6.07 Å². The number of fused-ring (bicyclic) bond motifs is 3. The molecule has 0 aromatic heterocycles. The summed E-state index contributed by atoms with van der Waals surface area (Å²) in [6.07, 6.45) is -6.45. The van der Waals surface area contributed by atoms with E-state index < -0.39 is 23.6 Å². The number of benzene rings is 2. The molecule has 0 spiro atoms. The van der Waals surface area contributed by atoms with Crippen LogP contribution in [0, 0.1) is 0 Å². The summed E-state index contributed by atoms with van der Waals surface area (Å²) in [5.41, 5.74) is -0.0385. The third-order valence-electron chi connectivity index (χ3n) is 3.94. The molecule has 0 fully saturated rings. The zero-order chi connectivity index (χ0) is 17.0. The zero-order valence-corrected chi connectivity index (χ0v) is 11.4. The molecule has 7 heteroatoms. The highest BCUT2D eigenvalue weighted by Crippen LogP contribution is 2.54. The first kappa shape index (κ1) is 15.8. The van der Waals surface area contributed by atoms with Gasteiger partial charge in [0.1, 0.15) is 0 Å². The second-order valence-electron chi connectivity index (χ2n) is 5.31. The Morgan fingerprint density at radius 2 is 1.30 bits per heavy atom. The SMILES string of the molecule is FC(F)(F)C(F)(F)C(F)(F)c1cccc2c1Cc1ccccc1-2. The van der Waals surface area contributed by atoms with Crippen LogP contribution in [0.2, 0.25) is 0 Å². The summed E-state index contributed by atoms with van der Waals surface area (Å²) in [7, 11) is 0. The highest BCUT2D eigenvalue weighted by molar-refractivity contribution is 5.78. The first-order chi connectivity index (χ1) is 10.6. The van der Waals surface area contributed by atoms with Gasteiger partial charge in [0.25, 0.3) is 0 Å². The van der Waals surface area contributed by atoms with Gasteiger partial charge in [-0.05, 0) is 28.7 Å². The van der Waals surface area contributed by atoms with E-state index in [1.165, 1.54) is 6.07 Å². The molecule has 2 aromatic rings. The molecule has 0 heterocycles. The molecule has 0 nitrogen and oxygen atoms in total. The van der Waals surface area contributed by atoms with Gasteiger partial charge in [0.15, 0.2) is 0 Å². The average Bonchev–Trinajstić information content (AvgIpc) is 2.84. The van der Waals surface area contributed by atoms with Crippen molar-refractivity contribution in [2.24, 2.45) is 0 Å². The van der Waals surface area contributed by atoms with Crippen LogP contribution in [0.15, 0.2) is 42.5 Å². The predicted molar refractivity (Wildman–Crippen MR) is 69.6 cm³/mol. The van der Waals surface area contributed by atoms with E-state index in [-0.39, 0.29) is 17.5 Å². The summed E-state index contributed by atoms with van der Waals surface area (Å²) in [5, 5.41) is 0. The third-order valence-corrected chi connectivity index (χ3v) is 3.94. The summed E-state index contributed by atoms with van der Waals surface area (Å²) in [6.45, 7) is 0. The van der Waals surface area contributed by atoms with Crippen molar-refractivity contribution in [1.82, 2.24) is 0 Å². The number of alkyl halides is 7. The van der Waals surface area contributed by atoms with Crippen LogP contribution in [0.5, 0.6) is 0 Å². The molecule has 0 aliphatic heterocycles. The van der Waals surface area contributed by atoms with Crippen molar-refractivity contribution in [2.75, 3.05) is 0 Å². The maximum Gasteiger partial charge on any atom is 0.460 e. The Morgan fingerprint density at radius 3 is 1.96 bits per heavy atom. The van der Waals surface area contributed by atoms with Crippen molar-refractivity contribution in [3.63, 3.8) is 0 Å². The van der Waals surface area contributed by atoms with Gasteiger partial charge in [0.2, 0.25) is 0 Å². The van der Waals surface area contributed by atoms with Gasteiger partial charge in [-0.25, -0.2) is 0 Å². The van der Waals surface area contributed by atoms with Crippen molar-refractivity contribution in [1.29, 1.82) is 0 Å². The van der Waals surface area contributed by atoms with Crippen LogP contribution in [0.3, 0.4) is 0 Å². The van der Waals surface area contributed by atoms with E-state index in [4.69, 9.17) is 0 Å². The fourth-order valence-electron chi connectivity index (χ4n) is 2.80. The van der Waals surface area contributed by atoms with Crippen LogP contribution in [0.4, 0.5) is 30.7 Å². The monoisotopic (exact) mass is 334 g/mol. The van der Waals surface area contributed by atoms with Crippen molar-refractivity contribution in [3.05, 3.63) is 59.2 Å². The number of hydrogen-bond acceptors (Lipinski definition) is 0. The molecule has 0 radical (unpaired) electrons. The Balaban J connectivity index is 2.17. The fourth-order valence-corrected chi connectivity index (χ4v) is 2.80. The lowest BCUT2D eigenvalue weighted by Crippen LogP contribution is -2.50. The van der Waals surface area contributed by atoms with E-state index in [1.54, 1.807) is 24.3 Å². The summed E-state index contributed by atoms with van der Waals surface area (Å²) < 4.78 is 91.9. The maximum absolute atomic E-state index is 14.0. The normalized spacial score (nSPS) is 14.6. The molecule has 0 unspecified atom stereocenters. The third kappa shape index (κ3) is 2.13. The van der Waals surface area contributed by atoms with Gasteiger partial charge < -0.3 is 0 Å². The molecule has 1 aliphatic rings. The highest BCUT2D eigenvalue weighted by atomic mass is 19.4. The highest BCUT2D eigenvalue weighted by Gasteiger charge is 2.73. The Bertz CT molecular complexity index is 759. The molecule has 122 valence electrons. The minimum Gasteiger partial charge on any atom is -0.194 e. The van der Waals surface area contributed by atoms with Gasteiger partial charge in [-0.3, -0.25) is 0 Å². The Labute approximate surface area is 126 Å². The van der Waals surface area contributed by atoms with Crippen LogP contribution in [0.1, 0.15) is 16.7 Å². The van der Waals surface area contributed by atoms with E-state index in [1.807, 2.05) is 0 Å². The summed E-state index contributed by atoms with van der Waals surface area (Å²) >= 11 is 0. The summed E-state index contributed by atoms with van der Waals surface area (Å²) in [6, 6.07) is 9.66. The molecule has 1 aliphatic carbocycles. The van der Waals surface area contributed by atoms with Crippen molar-refractivity contribution >= 4 is 0 Å². The second-order valence-corrected chi connectivity index (χ2v) is 5.31. The second kappa shape index (κ2) is 4.72.